The normalized spacial score (nSPS) is 34.8. The van der Waals surface area contributed by atoms with Gasteiger partial charge in [-0.15, -0.1) is 0 Å². The molecule has 1 saturated heterocycles. The SMILES string of the molecule is CCC(C)(C(=O)O)C(=O)OC1(C)C2CC3CC(C2)CC1C3.CCC(C)(C)C(=O)OC1CCOC1=O. The van der Waals surface area contributed by atoms with Crippen molar-refractivity contribution in [3.63, 3.8) is 0 Å². The third-order valence-corrected chi connectivity index (χ3v) is 9.27. The van der Waals surface area contributed by atoms with Crippen molar-refractivity contribution in [2.45, 2.75) is 105 Å². The average molecular weight is 495 g/mol. The Balaban J connectivity index is 0.000000214. The van der Waals surface area contributed by atoms with Gasteiger partial charge in [-0.05, 0) is 96.3 Å². The van der Waals surface area contributed by atoms with Crippen LogP contribution in [-0.4, -0.2) is 47.3 Å². The number of aliphatic carboxylic acids is 1. The molecule has 0 amide bonds. The van der Waals surface area contributed by atoms with Crippen molar-refractivity contribution in [2.75, 3.05) is 6.61 Å². The summed E-state index contributed by atoms with van der Waals surface area (Å²) in [6.07, 6.45) is 6.67. The summed E-state index contributed by atoms with van der Waals surface area (Å²) in [4.78, 5) is 46.6. The molecule has 0 aromatic heterocycles. The van der Waals surface area contributed by atoms with Crippen LogP contribution in [0.1, 0.15) is 92.9 Å². The van der Waals surface area contributed by atoms with E-state index in [-0.39, 0.29) is 12.4 Å². The van der Waals surface area contributed by atoms with Gasteiger partial charge in [0, 0.05) is 6.42 Å². The number of carbonyl (C=O) groups excluding carboxylic acids is 3. The van der Waals surface area contributed by atoms with Crippen LogP contribution >= 0.6 is 0 Å². The van der Waals surface area contributed by atoms with E-state index in [0.717, 1.165) is 37.5 Å². The molecule has 1 aliphatic heterocycles. The molecule has 0 aromatic rings. The van der Waals surface area contributed by atoms with Crippen LogP contribution < -0.4 is 0 Å². The van der Waals surface area contributed by atoms with Gasteiger partial charge in [0.15, 0.2) is 5.41 Å². The van der Waals surface area contributed by atoms with Gasteiger partial charge in [0.1, 0.15) is 5.60 Å². The molecule has 5 rings (SSSR count). The molecule has 8 heteroatoms. The highest BCUT2D eigenvalue weighted by atomic mass is 16.6. The Bertz CT molecular complexity index is 818. The molecular weight excluding hydrogens is 452 g/mol. The molecule has 2 unspecified atom stereocenters. The maximum absolute atomic E-state index is 12.5. The number of hydrogen-bond acceptors (Lipinski definition) is 7. The lowest BCUT2D eigenvalue weighted by atomic mass is 9.50. The van der Waals surface area contributed by atoms with Gasteiger partial charge in [-0.3, -0.25) is 14.4 Å². The Hall–Kier alpha value is -2.12. The van der Waals surface area contributed by atoms with E-state index in [4.69, 9.17) is 14.2 Å². The summed E-state index contributed by atoms with van der Waals surface area (Å²) in [6.45, 7) is 11.1. The van der Waals surface area contributed by atoms with E-state index < -0.39 is 40.4 Å². The number of cyclic esters (lactones) is 1. The molecule has 0 spiro atoms. The predicted molar refractivity (Wildman–Crippen MR) is 127 cm³/mol. The van der Waals surface area contributed by atoms with Gasteiger partial charge in [0.05, 0.1) is 12.0 Å². The second-order valence-corrected chi connectivity index (χ2v) is 12.0. The molecule has 1 N–H and O–H groups in total. The number of esters is 3. The Morgan fingerprint density at radius 3 is 1.91 bits per heavy atom. The van der Waals surface area contributed by atoms with Gasteiger partial charge >= 0.3 is 23.9 Å². The van der Waals surface area contributed by atoms with Crippen LogP contribution in [-0.2, 0) is 33.4 Å². The summed E-state index contributed by atoms with van der Waals surface area (Å²) in [7, 11) is 0. The summed E-state index contributed by atoms with van der Waals surface area (Å²) in [6, 6.07) is 0. The van der Waals surface area contributed by atoms with Crippen LogP contribution in [0.25, 0.3) is 0 Å². The topological polar surface area (TPSA) is 116 Å². The van der Waals surface area contributed by atoms with Gasteiger partial charge in [-0.2, -0.15) is 0 Å². The zero-order chi connectivity index (χ0) is 26.2. The number of carboxylic acids is 1. The van der Waals surface area contributed by atoms with Gasteiger partial charge in [0.25, 0.3) is 0 Å². The lowest BCUT2D eigenvalue weighted by molar-refractivity contribution is -0.213. The van der Waals surface area contributed by atoms with E-state index in [1.54, 1.807) is 20.8 Å². The maximum atomic E-state index is 12.5. The van der Waals surface area contributed by atoms with E-state index in [2.05, 4.69) is 6.92 Å². The molecule has 1 heterocycles. The van der Waals surface area contributed by atoms with Crippen molar-refractivity contribution in [3.05, 3.63) is 0 Å². The Morgan fingerprint density at radius 2 is 1.51 bits per heavy atom. The first kappa shape index (κ1) is 27.5. The fraction of sp³-hybridized carbons (Fsp3) is 0.852. The van der Waals surface area contributed by atoms with Gasteiger partial charge in [-0.25, -0.2) is 4.79 Å². The van der Waals surface area contributed by atoms with Crippen LogP contribution in [0.5, 0.6) is 0 Å². The van der Waals surface area contributed by atoms with E-state index >= 15 is 0 Å². The minimum atomic E-state index is -1.42. The van der Waals surface area contributed by atoms with Crippen LogP contribution in [0.15, 0.2) is 0 Å². The summed E-state index contributed by atoms with van der Waals surface area (Å²) in [5, 5.41) is 9.37. The molecule has 5 fully saturated rings. The van der Waals surface area contributed by atoms with E-state index in [0.29, 0.717) is 31.3 Å². The highest BCUT2D eigenvalue weighted by molar-refractivity contribution is 5.98. The van der Waals surface area contributed by atoms with Crippen LogP contribution in [0, 0.1) is 34.5 Å². The Labute approximate surface area is 208 Å². The largest absolute Gasteiger partial charge is 0.480 e. The average Bonchev–Trinajstić information content (AvgIpc) is 3.20. The highest BCUT2D eigenvalue weighted by Gasteiger charge is 2.58. The maximum Gasteiger partial charge on any atom is 0.347 e. The second kappa shape index (κ2) is 10.1. The first-order chi connectivity index (χ1) is 16.3. The number of hydrogen-bond donors (Lipinski definition) is 1. The predicted octanol–water partition coefficient (Wildman–Crippen LogP) is 4.53. The Kier molecular flexibility index (Phi) is 7.92. The minimum absolute atomic E-state index is 0.262. The highest BCUT2D eigenvalue weighted by Crippen LogP contribution is 2.59. The molecule has 4 bridgehead atoms. The third-order valence-electron chi connectivity index (χ3n) is 9.27. The van der Waals surface area contributed by atoms with Crippen LogP contribution in [0.4, 0.5) is 0 Å². The number of carboxylic acid groups (broad SMARTS) is 1. The fourth-order valence-electron chi connectivity index (χ4n) is 6.00. The van der Waals surface area contributed by atoms with Crippen molar-refractivity contribution in [2.24, 2.45) is 34.5 Å². The van der Waals surface area contributed by atoms with Crippen molar-refractivity contribution in [1.82, 2.24) is 0 Å². The van der Waals surface area contributed by atoms with Crippen LogP contribution in [0.3, 0.4) is 0 Å². The van der Waals surface area contributed by atoms with Crippen molar-refractivity contribution < 1.29 is 38.5 Å². The van der Waals surface area contributed by atoms with Crippen molar-refractivity contribution >= 4 is 23.9 Å². The van der Waals surface area contributed by atoms with E-state index in [1.807, 2.05) is 6.92 Å². The van der Waals surface area contributed by atoms with Gasteiger partial charge in [0.2, 0.25) is 6.10 Å². The molecule has 35 heavy (non-hydrogen) atoms. The summed E-state index contributed by atoms with van der Waals surface area (Å²) >= 11 is 0. The van der Waals surface area contributed by atoms with Gasteiger partial charge < -0.3 is 19.3 Å². The molecule has 2 atom stereocenters. The standard InChI is InChI=1S/C17H26O4.C10H16O4/c1-4-16(2,14(18)19)15(20)21-17(3)12-6-10-5-11(8-12)9-13(17)7-10;1-4-10(2,3)9(12)14-7-5-6-13-8(7)11/h10-13H,4-9H2,1-3H3,(H,18,19);7H,4-6H2,1-3H3. The first-order valence-corrected chi connectivity index (χ1v) is 13.1. The molecule has 198 valence electrons. The number of carbonyl (C=O) groups is 4. The van der Waals surface area contributed by atoms with E-state index in [9.17, 15) is 24.3 Å². The summed E-state index contributed by atoms with van der Waals surface area (Å²) in [5.41, 5.74) is -2.39. The smallest absolute Gasteiger partial charge is 0.347 e. The zero-order valence-electron chi connectivity index (χ0n) is 22.1. The molecule has 0 radical (unpaired) electrons. The summed E-state index contributed by atoms with van der Waals surface area (Å²) < 4.78 is 15.7. The minimum Gasteiger partial charge on any atom is -0.480 e. The first-order valence-electron chi connectivity index (χ1n) is 13.1. The lowest BCUT2D eigenvalue weighted by Gasteiger charge is -2.59. The Morgan fingerprint density at radius 1 is 0.971 bits per heavy atom. The molecule has 5 aliphatic rings. The molecule has 0 aromatic carbocycles. The molecule has 8 nitrogen and oxygen atoms in total. The monoisotopic (exact) mass is 494 g/mol. The number of rotatable bonds is 7. The van der Waals surface area contributed by atoms with Gasteiger partial charge in [-0.1, -0.05) is 13.8 Å². The van der Waals surface area contributed by atoms with Crippen molar-refractivity contribution in [3.8, 4) is 0 Å². The fourth-order valence-corrected chi connectivity index (χ4v) is 6.00. The van der Waals surface area contributed by atoms with Crippen molar-refractivity contribution in [1.29, 1.82) is 0 Å². The summed E-state index contributed by atoms with van der Waals surface area (Å²) in [5.74, 6) is 0.0665. The third kappa shape index (κ3) is 5.36. The lowest BCUT2D eigenvalue weighted by Crippen LogP contribution is -2.59. The van der Waals surface area contributed by atoms with Crippen LogP contribution in [0.2, 0.25) is 0 Å². The number of ether oxygens (including phenoxy) is 3. The molecule has 4 saturated carbocycles. The molecule has 4 aliphatic carbocycles. The molecular formula is C27H42O8. The zero-order valence-corrected chi connectivity index (χ0v) is 22.1. The van der Waals surface area contributed by atoms with E-state index in [1.165, 1.54) is 13.3 Å². The second-order valence-electron chi connectivity index (χ2n) is 12.0. The quantitative estimate of drug-likeness (QED) is 0.312.